The van der Waals surface area contributed by atoms with E-state index in [1.807, 2.05) is 0 Å². The molecule has 0 saturated carbocycles. The molecule has 120 valence electrons. The highest BCUT2D eigenvalue weighted by molar-refractivity contribution is 7.19. The lowest BCUT2D eigenvalue weighted by atomic mass is 10.3. The molecule has 0 bridgehead atoms. The number of halogens is 3. The Morgan fingerprint density at radius 2 is 2.10 bits per heavy atom. The summed E-state index contributed by atoms with van der Waals surface area (Å²) in [5.41, 5.74) is 5.91. The Balaban J connectivity index is 2.73. The lowest BCUT2D eigenvalue weighted by molar-refractivity contribution is -0.134. The number of methoxy groups -OCH3 is 1. The topological polar surface area (TPSA) is 73.6 Å². The van der Waals surface area contributed by atoms with Crippen LogP contribution in [0.25, 0.3) is 0 Å². The van der Waals surface area contributed by atoms with Gasteiger partial charge in [-0.15, -0.1) is 11.3 Å². The zero-order valence-electron chi connectivity index (χ0n) is 11.7. The number of nitrogens with two attached hydrogens (primary N) is 1. The van der Waals surface area contributed by atoms with Crippen molar-refractivity contribution in [3.05, 3.63) is 4.88 Å². The first-order chi connectivity index (χ1) is 9.80. The van der Waals surface area contributed by atoms with Crippen molar-refractivity contribution >= 4 is 28.0 Å². The van der Waals surface area contributed by atoms with E-state index >= 15 is 0 Å². The molecule has 0 saturated heterocycles. The van der Waals surface area contributed by atoms with E-state index in [-0.39, 0.29) is 35.9 Å². The predicted molar refractivity (Wildman–Crippen MR) is 75.0 cm³/mol. The maximum absolute atomic E-state index is 12.1. The van der Waals surface area contributed by atoms with Crippen LogP contribution in [-0.4, -0.2) is 32.4 Å². The quantitative estimate of drug-likeness (QED) is 0.594. The Bertz CT molecular complexity index is 489. The number of esters is 1. The average molecular weight is 326 g/mol. The molecule has 0 aliphatic carbocycles. The van der Waals surface area contributed by atoms with Crippen molar-refractivity contribution < 1.29 is 27.4 Å². The maximum atomic E-state index is 12.1. The molecule has 0 amide bonds. The third-order valence-electron chi connectivity index (χ3n) is 2.49. The second-order valence-corrected chi connectivity index (χ2v) is 5.09. The molecule has 0 fully saturated rings. The van der Waals surface area contributed by atoms with Crippen molar-refractivity contribution in [3.8, 4) is 5.75 Å². The fourth-order valence-electron chi connectivity index (χ4n) is 1.59. The Morgan fingerprint density at radius 3 is 2.62 bits per heavy atom. The van der Waals surface area contributed by atoms with Gasteiger partial charge in [-0.3, -0.25) is 0 Å². The molecule has 1 aromatic rings. The zero-order chi connectivity index (χ0) is 16.0. The molecule has 0 unspecified atom stereocenters. The van der Waals surface area contributed by atoms with E-state index in [0.29, 0.717) is 5.00 Å². The van der Waals surface area contributed by atoms with Crippen molar-refractivity contribution in [3.63, 3.8) is 0 Å². The third-order valence-corrected chi connectivity index (χ3v) is 3.61. The summed E-state index contributed by atoms with van der Waals surface area (Å²) in [6.45, 7) is 1.96. The van der Waals surface area contributed by atoms with Crippen LogP contribution < -0.4 is 15.8 Å². The first-order valence-corrected chi connectivity index (χ1v) is 7.05. The molecular formula is C12H17F3N2O3S. The van der Waals surface area contributed by atoms with E-state index in [2.05, 4.69) is 5.32 Å². The van der Waals surface area contributed by atoms with Gasteiger partial charge in [0.2, 0.25) is 0 Å². The average Bonchev–Trinajstić information content (AvgIpc) is 2.70. The highest BCUT2D eigenvalue weighted by Gasteiger charge is 2.26. The summed E-state index contributed by atoms with van der Waals surface area (Å²) >= 11 is 1.000. The van der Waals surface area contributed by atoms with Crippen molar-refractivity contribution in [1.29, 1.82) is 0 Å². The normalized spacial score (nSPS) is 11.3. The fraction of sp³-hybridized carbons (Fsp3) is 0.583. The van der Waals surface area contributed by atoms with Crippen LogP contribution >= 0.6 is 11.3 Å². The number of carbonyl (C=O) groups is 1. The summed E-state index contributed by atoms with van der Waals surface area (Å²) < 4.78 is 46.1. The van der Waals surface area contributed by atoms with Crippen LogP contribution in [0.1, 0.15) is 29.4 Å². The van der Waals surface area contributed by atoms with Gasteiger partial charge in [0, 0.05) is 13.0 Å². The summed E-state index contributed by atoms with van der Waals surface area (Å²) in [6.07, 6.45) is -5.15. The van der Waals surface area contributed by atoms with Crippen LogP contribution in [0.4, 0.5) is 23.9 Å². The van der Waals surface area contributed by atoms with Gasteiger partial charge in [0.25, 0.3) is 0 Å². The number of thiophene rings is 1. The van der Waals surface area contributed by atoms with Crippen molar-refractivity contribution in [2.24, 2.45) is 0 Å². The van der Waals surface area contributed by atoms with E-state index in [4.69, 9.17) is 15.2 Å². The van der Waals surface area contributed by atoms with Crippen LogP contribution in [-0.2, 0) is 4.74 Å². The lowest BCUT2D eigenvalue weighted by Gasteiger charge is -2.08. The van der Waals surface area contributed by atoms with Crippen LogP contribution in [0.15, 0.2) is 0 Å². The predicted octanol–water partition coefficient (Wildman–Crippen LogP) is 3.27. The Labute approximate surface area is 124 Å². The third kappa shape index (κ3) is 5.00. The molecule has 0 aromatic carbocycles. The number of nitrogens with one attached hydrogen (secondary N) is 1. The second kappa shape index (κ2) is 7.39. The van der Waals surface area contributed by atoms with Crippen LogP contribution in [0.3, 0.4) is 0 Å². The first kappa shape index (κ1) is 17.4. The van der Waals surface area contributed by atoms with Gasteiger partial charge >= 0.3 is 12.1 Å². The Kier molecular flexibility index (Phi) is 6.13. The number of hydrogen-bond donors (Lipinski definition) is 2. The minimum atomic E-state index is -4.18. The number of carbonyl (C=O) groups excluding carboxylic acids is 1. The van der Waals surface area contributed by atoms with Crippen LogP contribution in [0, 0.1) is 0 Å². The number of rotatable bonds is 7. The molecule has 3 N–H and O–H groups in total. The Morgan fingerprint density at radius 1 is 1.43 bits per heavy atom. The van der Waals surface area contributed by atoms with E-state index in [9.17, 15) is 18.0 Å². The monoisotopic (exact) mass is 326 g/mol. The smallest absolute Gasteiger partial charge is 0.389 e. The van der Waals surface area contributed by atoms with E-state index in [0.717, 1.165) is 11.3 Å². The standard InChI is InChI=1S/C12H17F3N2O3S/c1-3-20-11(18)9-7(16)8(19-2)10(21-9)17-6-4-5-12(13,14)15/h17H,3-6,16H2,1-2H3. The molecule has 9 heteroatoms. The van der Waals surface area contributed by atoms with Gasteiger partial charge in [0.05, 0.1) is 13.7 Å². The molecule has 5 nitrogen and oxygen atoms in total. The van der Waals surface area contributed by atoms with Gasteiger partial charge in [0.1, 0.15) is 15.6 Å². The molecular weight excluding hydrogens is 309 g/mol. The van der Waals surface area contributed by atoms with E-state index in [1.54, 1.807) is 6.92 Å². The molecule has 1 rings (SSSR count). The van der Waals surface area contributed by atoms with E-state index in [1.165, 1.54) is 7.11 Å². The summed E-state index contributed by atoms with van der Waals surface area (Å²) in [5.74, 6) is -0.336. The number of hydrogen-bond acceptors (Lipinski definition) is 6. The van der Waals surface area contributed by atoms with Gasteiger partial charge in [-0.25, -0.2) is 4.79 Å². The largest absolute Gasteiger partial charge is 0.492 e. The minimum Gasteiger partial charge on any atom is -0.492 e. The van der Waals surface area contributed by atoms with Gasteiger partial charge in [-0.1, -0.05) is 0 Å². The Hall–Kier alpha value is -1.64. The van der Waals surface area contributed by atoms with Crippen molar-refractivity contribution in [2.75, 3.05) is 31.3 Å². The highest BCUT2D eigenvalue weighted by Crippen LogP contribution is 2.42. The molecule has 1 heterocycles. The molecule has 0 spiro atoms. The summed E-state index contributed by atoms with van der Waals surface area (Å²) in [6, 6.07) is 0. The van der Waals surface area contributed by atoms with Crippen molar-refractivity contribution in [1.82, 2.24) is 0 Å². The zero-order valence-corrected chi connectivity index (χ0v) is 12.5. The molecule has 0 atom stereocenters. The SMILES string of the molecule is CCOC(=O)c1sc(NCCCC(F)(F)F)c(OC)c1N. The van der Waals surface area contributed by atoms with Gasteiger partial charge in [0.15, 0.2) is 5.75 Å². The van der Waals surface area contributed by atoms with Gasteiger partial charge in [-0.2, -0.15) is 13.2 Å². The number of nitrogen functional groups attached to an aromatic ring is 1. The number of alkyl halides is 3. The van der Waals surface area contributed by atoms with Crippen molar-refractivity contribution in [2.45, 2.75) is 25.9 Å². The van der Waals surface area contributed by atoms with Crippen LogP contribution in [0.2, 0.25) is 0 Å². The first-order valence-electron chi connectivity index (χ1n) is 6.24. The fourth-order valence-corrected chi connectivity index (χ4v) is 2.60. The molecule has 21 heavy (non-hydrogen) atoms. The number of anilines is 2. The van der Waals surface area contributed by atoms with Gasteiger partial charge < -0.3 is 20.5 Å². The summed E-state index contributed by atoms with van der Waals surface area (Å²) in [4.78, 5) is 11.9. The van der Waals surface area contributed by atoms with Gasteiger partial charge in [-0.05, 0) is 13.3 Å². The second-order valence-electron chi connectivity index (χ2n) is 4.07. The summed E-state index contributed by atoms with van der Waals surface area (Å²) in [5, 5.41) is 3.22. The molecule has 1 aromatic heterocycles. The molecule has 0 aliphatic rings. The molecule has 0 radical (unpaired) electrons. The molecule has 0 aliphatic heterocycles. The lowest BCUT2D eigenvalue weighted by Crippen LogP contribution is -2.10. The minimum absolute atomic E-state index is 0.0841. The number of ether oxygens (including phenoxy) is 2. The van der Waals surface area contributed by atoms with Crippen LogP contribution in [0.5, 0.6) is 5.75 Å². The maximum Gasteiger partial charge on any atom is 0.389 e. The summed E-state index contributed by atoms with van der Waals surface area (Å²) in [7, 11) is 1.37. The van der Waals surface area contributed by atoms with E-state index < -0.39 is 18.6 Å². The highest BCUT2D eigenvalue weighted by atomic mass is 32.1.